The molecule has 0 unspecified atom stereocenters. The van der Waals surface area contributed by atoms with E-state index < -0.39 is 0 Å². The predicted molar refractivity (Wildman–Crippen MR) is 102 cm³/mol. The summed E-state index contributed by atoms with van der Waals surface area (Å²) in [5.74, 6) is 6.28. The van der Waals surface area contributed by atoms with Crippen molar-refractivity contribution in [2.75, 3.05) is 5.73 Å². The number of nitrogens with two attached hydrogens (primary N) is 1. The second kappa shape index (κ2) is 7.99. The van der Waals surface area contributed by atoms with Crippen LogP contribution in [0.15, 0.2) is 84.9 Å². The molecule has 0 aliphatic rings. The largest absolute Gasteiger partial charge is 0.398 e. The molecule has 0 amide bonds. The number of anilines is 1. The summed E-state index contributed by atoms with van der Waals surface area (Å²) in [6.45, 7) is 0. The normalized spacial score (nSPS) is 11.2. The van der Waals surface area contributed by atoms with Crippen LogP contribution in [-0.4, -0.2) is 5.78 Å². The highest BCUT2D eigenvalue weighted by molar-refractivity contribution is 6.01. The number of hydrogen-bond acceptors (Lipinski definition) is 2. The third-order valence-corrected chi connectivity index (χ3v) is 4.02. The average Bonchev–Trinajstić information content (AvgIpc) is 2.67. The fourth-order valence-corrected chi connectivity index (χ4v) is 2.68. The van der Waals surface area contributed by atoms with Crippen molar-refractivity contribution in [3.05, 3.63) is 102 Å². The van der Waals surface area contributed by atoms with Crippen LogP contribution in [0.2, 0.25) is 0 Å². The maximum atomic E-state index is 12.7. The van der Waals surface area contributed by atoms with Gasteiger partial charge in [-0.15, -0.1) is 0 Å². The third-order valence-electron chi connectivity index (χ3n) is 4.02. The number of nitrogen functional groups attached to an aromatic ring is 1. The monoisotopic (exact) mass is 325 g/mol. The zero-order chi connectivity index (χ0) is 17.5. The van der Waals surface area contributed by atoms with Crippen LogP contribution in [0.1, 0.15) is 33.8 Å². The Hall–Kier alpha value is -3.31. The van der Waals surface area contributed by atoms with Gasteiger partial charge in [-0.1, -0.05) is 72.5 Å². The second-order valence-electron chi connectivity index (χ2n) is 5.81. The van der Waals surface area contributed by atoms with Crippen LogP contribution >= 0.6 is 0 Å². The highest BCUT2D eigenvalue weighted by Crippen LogP contribution is 2.23. The Kier molecular flexibility index (Phi) is 5.29. The average molecular weight is 325 g/mol. The van der Waals surface area contributed by atoms with E-state index in [1.807, 2.05) is 72.8 Å². The summed E-state index contributed by atoms with van der Waals surface area (Å²) >= 11 is 0. The van der Waals surface area contributed by atoms with E-state index in [4.69, 9.17) is 5.73 Å². The molecular weight excluding hydrogens is 306 g/mol. The zero-order valence-electron chi connectivity index (χ0n) is 13.9. The zero-order valence-corrected chi connectivity index (χ0v) is 13.9. The van der Waals surface area contributed by atoms with E-state index in [-0.39, 0.29) is 11.7 Å². The molecule has 3 aromatic carbocycles. The molecule has 0 saturated carbocycles. The summed E-state index contributed by atoms with van der Waals surface area (Å²) in [6, 6.07) is 26.9. The fourth-order valence-electron chi connectivity index (χ4n) is 2.68. The summed E-state index contributed by atoms with van der Waals surface area (Å²) in [5.41, 5.74) is 8.99. The highest BCUT2D eigenvalue weighted by atomic mass is 16.1. The first-order valence-corrected chi connectivity index (χ1v) is 8.23. The van der Waals surface area contributed by atoms with Crippen LogP contribution in [0.3, 0.4) is 0 Å². The number of hydrogen-bond donors (Lipinski definition) is 1. The molecule has 0 heterocycles. The van der Waals surface area contributed by atoms with Crippen molar-refractivity contribution in [1.82, 2.24) is 0 Å². The number of carbonyl (C=O) groups is 1. The number of carbonyl (C=O) groups excluding carboxylic acids is 1. The van der Waals surface area contributed by atoms with Gasteiger partial charge in [0.05, 0.1) is 5.92 Å². The van der Waals surface area contributed by atoms with Crippen molar-refractivity contribution in [2.45, 2.75) is 12.3 Å². The highest BCUT2D eigenvalue weighted by Gasteiger charge is 2.16. The summed E-state index contributed by atoms with van der Waals surface area (Å²) in [7, 11) is 0. The molecule has 2 N–H and O–H groups in total. The van der Waals surface area contributed by atoms with Crippen molar-refractivity contribution >= 4 is 11.5 Å². The third kappa shape index (κ3) is 4.37. The van der Waals surface area contributed by atoms with Gasteiger partial charge in [-0.05, 0) is 29.8 Å². The lowest BCUT2D eigenvalue weighted by atomic mass is 9.91. The van der Waals surface area contributed by atoms with Crippen LogP contribution in [0.25, 0.3) is 0 Å². The number of Topliss-reactive ketones (excluding diaryl/α,β-unsaturated/α-hetero) is 1. The lowest BCUT2D eigenvalue weighted by Gasteiger charge is -2.11. The lowest BCUT2D eigenvalue weighted by Crippen LogP contribution is -2.08. The number of ketones is 1. The van der Waals surface area contributed by atoms with E-state index >= 15 is 0 Å². The van der Waals surface area contributed by atoms with Crippen LogP contribution in [0.4, 0.5) is 5.69 Å². The molecule has 0 aromatic heterocycles. The molecule has 0 bridgehead atoms. The van der Waals surface area contributed by atoms with Gasteiger partial charge in [-0.3, -0.25) is 4.79 Å². The van der Waals surface area contributed by atoms with Gasteiger partial charge < -0.3 is 5.73 Å². The van der Waals surface area contributed by atoms with E-state index in [9.17, 15) is 4.79 Å². The van der Waals surface area contributed by atoms with Crippen molar-refractivity contribution < 1.29 is 4.79 Å². The Labute approximate surface area is 148 Å². The minimum absolute atomic E-state index is 0.00862. The Morgan fingerprint density at radius 1 is 0.840 bits per heavy atom. The molecule has 0 aliphatic heterocycles. The molecule has 1 atom stereocenters. The standard InChI is InChI=1S/C23H19NO/c24-22-14-8-7-13-21(22)23(25)17-20(19-11-5-2-6-12-19)16-15-18-9-3-1-4-10-18/h1-14,20H,17,24H2/t20-/m1/s1. The molecule has 25 heavy (non-hydrogen) atoms. The number of rotatable bonds is 4. The van der Waals surface area contributed by atoms with Crippen LogP contribution in [-0.2, 0) is 0 Å². The fraction of sp³-hybridized carbons (Fsp3) is 0.0870. The van der Waals surface area contributed by atoms with Crippen LogP contribution < -0.4 is 5.73 Å². The number of para-hydroxylation sites is 1. The molecule has 3 aromatic rings. The van der Waals surface area contributed by atoms with E-state index in [0.717, 1.165) is 11.1 Å². The molecule has 3 rings (SSSR count). The van der Waals surface area contributed by atoms with Gasteiger partial charge in [0.2, 0.25) is 0 Å². The van der Waals surface area contributed by atoms with Gasteiger partial charge in [0.25, 0.3) is 0 Å². The molecule has 0 radical (unpaired) electrons. The molecule has 2 heteroatoms. The molecule has 2 nitrogen and oxygen atoms in total. The van der Waals surface area contributed by atoms with E-state index in [0.29, 0.717) is 17.7 Å². The van der Waals surface area contributed by atoms with Gasteiger partial charge in [0, 0.05) is 23.2 Å². The molecule has 0 aliphatic carbocycles. The molecule has 0 fully saturated rings. The predicted octanol–water partition coefficient (Wildman–Crippen LogP) is 4.68. The smallest absolute Gasteiger partial charge is 0.166 e. The minimum Gasteiger partial charge on any atom is -0.398 e. The Balaban J connectivity index is 1.89. The van der Waals surface area contributed by atoms with Crippen molar-refractivity contribution in [3.63, 3.8) is 0 Å². The first kappa shape index (κ1) is 16.5. The van der Waals surface area contributed by atoms with Gasteiger partial charge in [-0.2, -0.15) is 0 Å². The summed E-state index contributed by atoms with van der Waals surface area (Å²) in [5, 5.41) is 0. The van der Waals surface area contributed by atoms with Crippen molar-refractivity contribution in [1.29, 1.82) is 0 Å². The van der Waals surface area contributed by atoms with Gasteiger partial charge in [0.15, 0.2) is 5.78 Å². The Morgan fingerprint density at radius 2 is 1.44 bits per heavy atom. The SMILES string of the molecule is Nc1ccccc1C(=O)C[C@@H](C#Cc1ccccc1)c1ccccc1. The Morgan fingerprint density at radius 3 is 2.12 bits per heavy atom. The first-order chi connectivity index (χ1) is 12.2. The maximum absolute atomic E-state index is 12.7. The topological polar surface area (TPSA) is 43.1 Å². The van der Waals surface area contributed by atoms with Crippen LogP contribution in [0, 0.1) is 11.8 Å². The van der Waals surface area contributed by atoms with Gasteiger partial charge in [-0.25, -0.2) is 0 Å². The Bertz CT molecular complexity index is 905. The van der Waals surface area contributed by atoms with E-state index in [1.165, 1.54) is 0 Å². The van der Waals surface area contributed by atoms with Crippen LogP contribution in [0.5, 0.6) is 0 Å². The quantitative estimate of drug-likeness (QED) is 0.430. The molecular formula is C23H19NO. The van der Waals surface area contributed by atoms with Crippen molar-refractivity contribution in [3.8, 4) is 11.8 Å². The molecule has 0 saturated heterocycles. The summed E-state index contributed by atoms with van der Waals surface area (Å²) in [4.78, 5) is 12.7. The van der Waals surface area contributed by atoms with E-state index in [2.05, 4.69) is 11.8 Å². The van der Waals surface area contributed by atoms with Gasteiger partial charge in [0.1, 0.15) is 0 Å². The lowest BCUT2D eigenvalue weighted by molar-refractivity contribution is 0.0980. The van der Waals surface area contributed by atoms with Crippen molar-refractivity contribution in [2.24, 2.45) is 0 Å². The molecule has 0 spiro atoms. The molecule has 122 valence electrons. The number of benzene rings is 3. The van der Waals surface area contributed by atoms with E-state index in [1.54, 1.807) is 12.1 Å². The summed E-state index contributed by atoms with van der Waals surface area (Å²) < 4.78 is 0. The maximum Gasteiger partial charge on any atom is 0.166 e. The summed E-state index contributed by atoms with van der Waals surface area (Å²) in [6.07, 6.45) is 0.304. The van der Waals surface area contributed by atoms with Gasteiger partial charge >= 0.3 is 0 Å². The first-order valence-electron chi connectivity index (χ1n) is 8.23. The second-order valence-corrected chi connectivity index (χ2v) is 5.81. The minimum atomic E-state index is -0.173.